The van der Waals surface area contributed by atoms with Crippen LogP contribution in [0.25, 0.3) is 0 Å². The van der Waals surface area contributed by atoms with E-state index in [9.17, 15) is 13.2 Å². The normalized spacial score (nSPS) is 22.3. The van der Waals surface area contributed by atoms with Gasteiger partial charge in [0.2, 0.25) is 5.91 Å². The summed E-state index contributed by atoms with van der Waals surface area (Å²) in [7, 11) is -2.97. The smallest absolute Gasteiger partial charge is 0.224 e. The van der Waals surface area contributed by atoms with Crippen molar-refractivity contribution >= 4 is 15.7 Å². The van der Waals surface area contributed by atoms with Crippen LogP contribution in [0.5, 0.6) is 0 Å². The average molecular weight is 277 g/mol. The fourth-order valence-corrected chi connectivity index (χ4v) is 3.59. The monoisotopic (exact) mass is 277 g/mol. The van der Waals surface area contributed by atoms with Crippen LogP contribution in [0.4, 0.5) is 0 Å². The van der Waals surface area contributed by atoms with E-state index in [1.165, 1.54) is 0 Å². The summed E-state index contributed by atoms with van der Waals surface area (Å²) in [6.45, 7) is 6.08. The molecule has 0 bridgehead atoms. The molecule has 0 saturated carbocycles. The van der Waals surface area contributed by atoms with Crippen molar-refractivity contribution in [1.29, 1.82) is 0 Å². The second-order valence-electron chi connectivity index (χ2n) is 5.21. The molecule has 1 N–H and O–H groups in total. The summed E-state index contributed by atoms with van der Waals surface area (Å²) in [4.78, 5) is 11.7. The van der Waals surface area contributed by atoms with Crippen LogP contribution < -0.4 is 5.32 Å². The van der Waals surface area contributed by atoms with Crippen LogP contribution in [-0.2, 0) is 19.4 Å². The molecule has 0 radical (unpaired) electrons. The molecular formula is C12H23NO4S. The molecule has 5 nitrogen and oxygen atoms in total. The molecule has 0 spiro atoms. The number of hydrogen-bond acceptors (Lipinski definition) is 4. The zero-order valence-corrected chi connectivity index (χ0v) is 12.0. The second kappa shape index (κ2) is 7.09. The van der Waals surface area contributed by atoms with E-state index >= 15 is 0 Å². The molecule has 6 heteroatoms. The van der Waals surface area contributed by atoms with E-state index in [-0.39, 0.29) is 23.3 Å². The molecule has 0 aromatic carbocycles. The number of nitrogens with one attached hydrogen (secondary N) is 1. The van der Waals surface area contributed by atoms with Crippen molar-refractivity contribution in [3.8, 4) is 0 Å². The number of amides is 1. The quantitative estimate of drug-likeness (QED) is 0.692. The summed E-state index contributed by atoms with van der Waals surface area (Å²) >= 11 is 0. The molecule has 0 aromatic heterocycles. The molecule has 1 fully saturated rings. The van der Waals surface area contributed by atoms with Gasteiger partial charge >= 0.3 is 0 Å². The first kappa shape index (κ1) is 15.4. The molecule has 1 heterocycles. The van der Waals surface area contributed by atoms with Gasteiger partial charge in [-0.05, 0) is 18.8 Å². The van der Waals surface area contributed by atoms with Gasteiger partial charge in [0, 0.05) is 19.8 Å². The Balaban J connectivity index is 2.08. The molecule has 1 amide bonds. The first-order valence-electron chi connectivity index (χ1n) is 6.46. The fourth-order valence-electron chi connectivity index (χ4n) is 1.85. The highest BCUT2D eigenvalue weighted by Crippen LogP contribution is 2.18. The van der Waals surface area contributed by atoms with Gasteiger partial charge < -0.3 is 10.1 Å². The predicted molar refractivity (Wildman–Crippen MR) is 70.0 cm³/mol. The SMILES string of the molecule is CC(C)COCCCNC(=O)C1CCS(=O)(=O)C1. The first-order chi connectivity index (χ1) is 8.41. The first-order valence-corrected chi connectivity index (χ1v) is 8.29. The maximum atomic E-state index is 11.7. The minimum absolute atomic E-state index is 0.00266. The molecule has 1 rings (SSSR count). The van der Waals surface area contributed by atoms with Gasteiger partial charge in [-0.25, -0.2) is 8.42 Å². The van der Waals surface area contributed by atoms with E-state index in [2.05, 4.69) is 19.2 Å². The lowest BCUT2D eigenvalue weighted by Gasteiger charge is -2.10. The zero-order valence-electron chi connectivity index (χ0n) is 11.1. The Labute approximate surface area is 109 Å². The molecule has 0 aromatic rings. The van der Waals surface area contributed by atoms with Crippen LogP contribution in [0.3, 0.4) is 0 Å². The van der Waals surface area contributed by atoms with Gasteiger partial charge in [-0.15, -0.1) is 0 Å². The van der Waals surface area contributed by atoms with Crippen molar-refractivity contribution in [1.82, 2.24) is 5.32 Å². The van der Waals surface area contributed by atoms with Crippen molar-refractivity contribution in [3.63, 3.8) is 0 Å². The highest BCUT2D eigenvalue weighted by atomic mass is 32.2. The van der Waals surface area contributed by atoms with E-state index in [1.807, 2.05) is 0 Å². The van der Waals surface area contributed by atoms with E-state index in [0.29, 0.717) is 25.5 Å². The highest BCUT2D eigenvalue weighted by Gasteiger charge is 2.32. The van der Waals surface area contributed by atoms with Crippen LogP contribution >= 0.6 is 0 Å². The van der Waals surface area contributed by atoms with E-state index in [1.54, 1.807) is 0 Å². The third-order valence-electron chi connectivity index (χ3n) is 2.82. The Kier molecular flexibility index (Phi) is 6.08. The summed E-state index contributed by atoms with van der Waals surface area (Å²) in [6.07, 6.45) is 1.22. The van der Waals surface area contributed by atoms with Crippen LogP contribution in [0.1, 0.15) is 26.7 Å². The number of rotatable bonds is 7. The van der Waals surface area contributed by atoms with Gasteiger partial charge in [0.1, 0.15) is 0 Å². The summed E-state index contributed by atoms with van der Waals surface area (Å²) in [5, 5.41) is 2.77. The molecular weight excluding hydrogens is 254 g/mol. The van der Waals surface area contributed by atoms with Gasteiger partial charge in [0.25, 0.3) is 0 Å². The van der Waals surface area contributed by atoms with Gasteiger partial charge in [-0.3, -0.25) is 4.79 Å². The maximum Gasteiger partial charge on any atom is 0.224 e. The van der Waals surface area contributed by atoms with Crippen molar-refractivity contribution in [2.75, 3.05) is 31.3 Å². The number of hydrogen-bond donors (Lipinski definition) is 1. The molecule has 1 atom stereocenters. The maximum absolute atomic E-state index is 11.7. The van der Waals surface area contributed by atoms with Crippen LogP contribution in [0, 0.1) is 11.8 Å². The van der Waals surface area contributed by atoms with Gasteiger partial charge in [-0.1, -0.05) is 13.8 Å². The molecule has 1 saturated heterocycles. The Bertz CT molecular complexity index is 364. The number of carbonyl (C=O) groups excluding carboxylic acids is 1. The number of ether oxygens (including phenoxy) is 1. The van der Waals surface area contributed by atoms with Crippen molar-refractivity contribution in [2.45, 2.75) is 26.7 Å². The Hall–Kier alpha value is -0.620. The van der Waals surface area contributed by atoms with Crippen LogP contribution in [-0.4, -0.2) is 45.6 Å². The molecule has 1 aliphatic rings. The van der Waals surface area contributed by atoms with Crippen molar-refractivity contribution in [2.24, 2.45) is 11.8 Å². The van der Waals surface area contributed by atoms with Crippen LogP contribution in [0.15, 0.2) is 0 Å². The Morgan fingerprint density at radius 2 is 2.17 bits per heavy atom. The average Bonchev–Trinajstić information content (AvgIpc) is 2.63. The zero-order chi connectivity index (χ0) is 13.6. The predicted octanol–water partition coefficient (Wildman–Crippen LogP) is 0.600. The lowest BCUT2D eigenvalue weighted by atomic mass is 10.1. The number of sulfone groups is 1. The summed E-state index contributed by atoms with van der Waals surface area (Å²) < 4.78 is 27.8. The molecule has 106 valence electrons. The second-order valence-corrected chi connectivity index (χ2v) is 7.44. The van der Waals surface area contributed by atoms with Gasteiger partial charge in [0.05, 0.1) is 17.4 Å². The molecule has 1 aliphatic heterocycles. The van der Waals surface area contributed by atoms with E-state index < -0.39 is 9.84 Å². The molecule has 0 aliphatic carbocycles. The van der Waals surface area contributed by atoms with E-state index in [4.69, 9.17) is 4.74 Å². The van der Waals surface area contributed by atoms with E-state index in [0.717, 1.165) is 13.0 Å². The third kappa shape index (κ3) is 5.82. The largest absolute Gasteiger partial charge is 0.381 e. The highest BCUT2D eigenvalue weighted by molar-refractivity contribution is 7.91. The topological polar surface area (TPSA) is 72.5 Å². The van der Waals surface area contributed by atoms with Gasteiger partial charge in [0.15, 0.2) is 9.84 Å². The van der Waals surface area contributed by atoms with Crippen molar-refractivity contribution in [3.05, 3.63) is 0 Å². The Morgan fingerprint density at radius 1 is 1.44 bits per heavy atom. The minimum Gasteiger partial charge on any atom is -0.381 e. The standard InChI is InChI=1S/C12H23NO4S/c1-10(2)8-17-6-3-5-13-12(14)11-4-7-18(15,16)9-11/h10-11H,3-9H2,1-2H3,(H,13,14). The Morgan fingerprint density at radius 3 is 2.72 bits per heavy atom. The van der Waals surface area contributed by atoms with Crippen LogP contribution in [0.2, 0.25) is 0 Å². The van der Waals surface area contributed by atoms with Gasteiger partial charge in [-0.2, -0.15) is 0 Å². The van der Waals surface area contributed by atoms with Crippen molar-refractivity contribution < 1.29 is 17.9 Å². The lowest BCUT2D eigenvalue weighted by Crippen LogP contribution is -2.32. The molecule has 1 unspecified atom stereocenters. The number of carbonyl (C=O) groups is 1. The molecule has 18 heavy (non-hydrogen) atoms. The lowest BCUT2D eigenvalue weighted by molar-refractivity contribution is -0.124. The summed E-state index contributed by atoms with van der Waals surface area (Å²) in [6, 6.07) is 0. The summed E-state index contributed by atoms with van der Waals surface area (Å²) in [5.41, 5.74) is 0. The third-order valence-corrected chi connectivity index (χ3v) is 4.59. The fraction of sp³-hybridized carbons (Fsp3) is 0.917. The summed E-state index contributed by atoms with van der Waals surface area (Å²) in [5.74, 6) is 0.167. The minimum atomic E-state index is -2.97.